The predicted octanol–water partition coefficient (Wildman–Crippen LogP) is 2.30. The van der Waals surface area contributed by atoms with E-state index in [-0.39, 0.29) is 5.56 Å². The lowest BCUT2D eigenvalue weighted by atomic mass is 10.3. The van der Waals surface area contributed by atoms with Gasteiger partial charge in [0.1, 0.15) is 11.5 Å². The van der Waals surface area contributed by atoms with Crippen LogP contribution in [0.25, 0.3) is 5.65 Å². The van der Waals surface area contributed by atoms with Crippen molar-refractivity contribution in [2.45, 2.75) is 36.6 Å². The molecule has 1 aliphatic rings. The SMILES string of the molecule is Cc1cccn2c(=O)cc(CSc3nnc(C4CC4)n3C)nc12. The summed E-state index contributed by atoms with van der Waals surface area (Å²) in [7, 11) is 2.00. The standard InChI is InChI=1S/C16H17N5OS/c1-10-4-3-7-21-13(22)8-12(17-14(10)21)9-23-16-19-18-15(20(16)2)11-5-6-11/h3-4,7-8,11H,5-6,9H2,1-2H3. The van der Waals surface area contributed by atoms with Gasteiger partial charge in [0.05, 0.1) is 5.69 Å². The van der Waals surface area contributed by atoms with Crippen molar-refractivity contribution in [3.63, 3.8) is 0 Å². The van der Waals surface area contributed by atoms with E-state index in [1.807, 2.05) is 26.1 Å². The molecule has 3 aromatic heterocycles. The van der Waals surface area contributed by atoms with Crippen LogP contribution in [0.1, 0.15) is 35.8 Å². The molecule has 0 aromatic carbocycles. The largest absolute Gasteiger partial charge is 0.309 e. The lowest BCUT2D eigenvalue weighted by Gasteiger charge is -2.06. The molecule has 23 heavy (non-hydrogen) atoms. The third-order valence-corrected chi connectivity index (χ3v) is 5.15. The zero-order valence-corrected chi connectivity index (χ0v) is 13.9. The number of thioether (sulfide) groups is 1. The van der Waals surface area contributed by atoms with Gasteiger partial charge >= 0.3 is 0 Å². The van der Waals surface area contributed by atoms with Crippen LogP contribution in [-0.4, -0.2) is 24.1 Å². The third-order valence-electron chi connectivity index (χ3n) is 4.10. The van der Waals surface area contributed by atoms with Gasteiger partial charge in [0.25, 0.3) is 5.56 Å². The minimum absolute atomic E-state index is 0.0501. The third kappa shape index (κ3) is 2.65. The van der Waals surface area contributed by atoms with Crippen LogP contribution < -0.4 is 5.56 Å². The quantitative estimate of drug-likeness (QED) is 0.688. The Morgan fingerprint density at radius 1 is 1.35 bits per heavy atom. The Bertz CT molecular complexity index is 941. The van der Waals surface area contributed by atoms with E-state index in [0.29, 0.717) is 17.3 Å². The number of aryl methyl sites for hydroxylation is 1. The average molecular weight is 327 g/mol. The van der Waals surface area contributed by atoms with Crippen molar-refractivity contribution in [2.24, 2.45) is 7.05 Å². The van der Waals surface area contributed by atoms with Crippen LogP contribution in [-0.2, 0) is 12.8 Å². The van der Waals surface area contributed by atoms with E-state index < -0.39 is 0 Å². The topological polar surface area (TPSA) is 65.1 Å². The Morgan fingerprint density at radius 3 is 2.96 bits per heavy atom. The van der Waals surface area contributed by atoms with Crippen LogP contribution in [0.2, 0.25) is 0 Å². The van der Waals surface area contributed by atoms with Gasteiger partial charge in [-0.1, -0.05) is 17.8 Å². The second kappa shape index (κ2) is 5.49. The Morgan fingerprint density at radius 2 is 2.17 bits per heavy atom. The van der Waals surface area contributed by atoms with E-state index >= 15 is 0 Å². The summed E-state index contributed by atoms with van der Waals surface area (Å²) in [6.07, 6.45) is 4.16. The van der Waals surface area contributed by atoms with Gasteiger partial charge in [-0.15, -0.1) is 10.2 Å². The van der Waals surface area contributed by atoms with Gasteiger partial charge in [-0.3, -0.25) is 9.20 Å². The maximum absolute atomic E-state index is 12.2. The Balaban J connectivity index is 1.61. The van der Waals surface area contributed by atoms with Crippen LogP contribution >= 0.6 is 11.8 Å². The summed E-state index contributed by atoms with van der Waals surface area (Å²) in [6.45, 7) is 1.96. The molecule has 0 atom stereocenters. The van der Waals surface area contributed by atoms with Crippen LogP contribution in [0.4, 0.5) is 0 Å². The molecule has 3 heterocycles. The summed E-state index contributed by atoms with van der Waals surface area (Å²) in [5.74, 6) is 2.25. The first-order chi connectivity index (χ1) is 11.1. The van der Waals surface area contributed by atoms with Crippen LogP contribution in [0.5, 0.6) is 0 Å². The molecule has 1 fully saturated rings. The molecular formula is C16H17N5OS. The van der Waals surface area contributed by atoms with E-state index in [0.717, 1.165) is 22.2 Å². The molecule has 0 amide bonds. The highest BCUT2D eigenvalue weighted by Crippen LogP contribution is 2.39. The van der Waals surface area contributed by atoms with Crippen molar-refractivity contribution in [1.29, 1.82) is 0 Å². The van der Waals surface area contributed by atoms with Crippen molar-refractivity contribution in [1.82, 2.24) is 24.1 Å². The van der Waals surface area contributed by atoms with E-state index in [9.17, 15) is 4.79 Å². The van der Waals surface area contributed by atoms with Gasteiger partial charge < -0.3 is 4.57 Å². The second-order valence-corrected chi connectivity index (χ2v) is 6.88. The highest BCUT2D eigenvalue weighted by Gasteiger charge is 2.29. The lowest BCUT2D eigenvalue weighted by Crippen LogP contribution is -2.15. The summed E-state index contributed by atoms with van der Waals surface area (Å²) >= 11 is 1.57. The lowest BCUT2D eigenvalue weighted by molar-refractivity contribution is 0.736. The number of aromatic nitrogens is 5. The number of nitrogens with zero attached hydrogens (tertiary/aromatic N) is 5. The number of fused-ring (bicyclic) bond motifs is 1. The summed E-state index contributed by atoms with van der Waals surface area (Å²) in [4.78, 5) is 16.8. The monoisotopic (exact) mass is 327 g/mol. The molecule has 0 N–H and O–H groups in total. The number of rotatable bonds is 4. The van der Waals surface area contributed by atoms with E-state index in [2.05, 4.69) is 19.7 Å². The molecule has 4 rings (SSSR count). The smallest absolute Gasteiger partial charge is 0.258 e. The second-order valence-electron chi connectivity index (χ2n) is 5.93. The van der Waals surface area contributed by atoms with Gasteiger partial charge in [-0.05, 0) is 31.4 Å². The van der Waals surface area contributed by atoms with Gasteiger partial charge in [-0.25, -0.2) is 4.98 Å². The maximum Gasteiger partial charge on any atom is 0.258 e. The minimum atomic E-state index is -0.0501. The molecule has 6 nitrogen and oxygen atoms in total. The number of hydrogen-bond acceptors (Lipinski definition) is 5. The fourth-order valence-corrected chi connectivity index (χ4v) is 3.48. The average Bonchev–Trinajstić information content (AvgIpc) is 3.30. The van der Waals surface area contributed by atoms with Crippen molar-refractivity contribution in [2.75, 3.05) is 0 Å². The molecule has 118 valence electrons. The fraction of sp³-hybridized carbons (Fsp3) is 0.375. The first kappa shape index (κ1) is 14.4. The van der Waals surface area contributed by atoms with Crippen LogP contribution in [0.15, 0.2) is 34.3 Å². The first-order valence-corrected chi connectivity index (χ1v) is 8.62. The molecule has 1 aliphatic carbocycles. The minimum Gasteiger partial charge on any atom is -0.309 e. The summed E-state index contributed by atoms with van der Waals surface area (Å²) < 4.78 is 3.64. The molecule has 0 unspecified atom stereocenters. The van der Waals surface area contributed by atoms with Gasteiger partial charge in [-0.2, -0.15) is 0 Å². The highest BCUT2D eigenvalue weighted by atomic mass is 32.2. The van der Waals surface area contributed by atoms with Crippen LogP contribution in [0.3, 0.4) is 0 Å². The molecule has 0 spiro atoms. The molecule has 7 heteroatoms. The highest BCUT2D eigenvalue weighted by molar-refractivity contribution is 7.98. The molecular weight excluding hydrogens is 310 g/mol. The van der Waals surface area contributed by atoms with Crippen molar-refractivity contribution in [3.8, 4) is 0 Å². The van der Waals surface area contributed by atoms with Gasteiger partial charge in [0.2, 0.25) is 0 Å². The molecule has 0 saturated heterocycles. The Labute approximate surface area is 137 Å². The van der Waals surface area contributed by atoms with Crippen molar-refractivity contribution in [3.05, 3.63) is 51.8 Å². The predicted molar refractivity (Wildman–Crippen MR) is 88.7 cm³/mol. The Hall–Kier alpha value is -2.15. The van der Waals surface area contributed by atoms with Gasteiger partial charge in [0, 0.05) is 31.0 Å². The molecule has 0 bridgehead atoms. The fourth-order valence-electron chi connectivity index (χ4n) is 2.67. The van der Waals surface area contributed by atoms with E-state index in [1.54, 1.807) is 28.4 Å². The zero-order valence-electron chi connectivity index (χ0n) is 13.1. The first-order valence-electron chi connectivity index (χ1n) is 7.63. The number of pyridine rings is 1. The molecule has 1 saturated carbocycles. The summed E-state index contributed by atoms with van der Waals surface area (Å²) in [6, 6.07) is 5.42. The molecule has 0 radical (unpaired) electrons. The molecule has 3 aromatic rings. The summed E-state index contributed by atoms with van der Waals surface area (Å²) in [5, 5.41) is 9.41. The van der Waals surface area contributed by atoms with Crippen molar-refractivity contribution >= 4 is 17.4 Å². The van der Waals surface area contributed by atoms with Crippen LogP contribution in [0, 0.1) is 6.92 Å². The van der Waals surface area contributed by atoms with E-state index in [1.165, 1.54) is 12.8 Å². The number of hydrogen-bond donors (Lipinski definition) is 0. The van der Waals surface area contributed by atoms with Gasteiger partial charge in [0.15, 0.2) is 5.16 Å². The van der Waals surface area contributed by atoms with Crippen molar-refractivity contribution < 1.29 is 0 Å². The zero-order chi connectivity index (χ0) is 16.0. The van der Waals surface area contributed by atoms with E-state index in [4.69, 9.17) is 0 Å². The molecule has 0 aliphatic heterocycles. The Kier molecular flexibility index (Phi) is 3.45. The normalized spacial score (nSPS) is 14.5. The maximum atomic E-state index is 12.2. The summed E-state index contributed by atoms with van der Waals surface area (Å²) in [5.41, 5.74) is 2.43.